The molecule has 1 amide bonds. The van der Waals surface area contributed by atoms with Gasteiger partial charge in [-0.15, -0.1) is 0 Å². The number of nitrogens with zero attached hydrogens (tertiary/aromatic N) is 2. The van der Waals surface area contributed by atoms with E-state index in [0.717, 1.165) is 37.4 Å². The highest BCUT2D eigenvalue weighted by Crippen LogP contribution is 2.38. The fraction of sp³-hybridized carbons (Fsp3) is 0.773. The van der Waals surface area contributed by atoms with Gasteiger partial charge >= 0.3 is 0 Å². The molecule has 26 heavy (non-hydrogen) atoms. The molecule has 4 nitrogen and oxygen atoms in total. The second-order valence-corrected chi connectivity index (χ2v) is 8.54. The molecule has 0 unspecified atom stereocenters. The van der Waals surface area contributed by atoms with E-state index < -0.39 is 0 Å². The average molecular weight is 358 g/mol. The molecule has 0 aliphatic heterocycles. The fourth-order valence-corrected chi connectivity index (χ4v) is 4.87. The molecule has 0 saturated heterocycles. The van der Waals surface area contributed by atoms with Gasteiger partial charge in [0.15, 0.2) is 0 Å². The number of nitrogens with two attached hydrogens (primary N) is 1. The zero-order chi connectivity index (χ0) is 18.4. The Morgan fingerprint density at radius 3 is 2.15 bits per heavy atom. The third-order valence-electron chi connectivity index (χ3n) is 6.72. The highest BCUT2D eigenvalue weighted by atomic mass is 16.1. The van der Waals surface area contributed by atoms with Crippen LogP contribution < -0.4 is 5.73 Å². The quantitative estimate of drug-likeness (QED) is 0.691. The summed E-state index contributed by atoms with van der Waals surface area (Å²) < 4.78 is 0. The zero-order valence-electron chi connectivity index (χ0n) is 16.3. The van der Waals surface area contributed by atoms with Gasteiger partial charge in [-0.2, -0.15) is 0 Å². The lowest BCUT2D eigenvalue weighted by molar-refractivity contribution is -0.122. The van der Waals surface area contributed by atoms with Gasteiger partial charge in [0.25, 0.3) is 0 Å². The first-order chi connectivity index (χ1) is 12.7. The van der Waals surface area contributed by atoms with Gasteiger partial charge in [0.1, 0.15) is 5.82 Å². The third kappa shape index (κ3) is 5.05. The van der Waals surface area contributed by atoms with E-state index in [2.05, 4.69) is 19.3 Å². The van der Waals surface area contributed by atoms with E-state index in [1.165, 1.54) is 56.9 Å². The molecule has 1 aromatic heterocycles. The van der Waals surface area contributed by atoms with Crippen molar-refractivity contribution in [1.82, 2.24) is 9.97 Å². The van der Waals surface area contributed by atoms with Crippen molar-refractivity contribution >= 4 is 5.91 Å². The molecule has 3 rings (SSSR count). The smallest absolute Gasteiger partial charge is 0.220 e. The number of amides is 1. The lowest BCUT2D eigenvalue weighted by atomic mass is 9.77. The van der Waals surface area contributed by atoms with Crippen molar-refractivity contribution < 1.29 is 4.79 Å². The van der Waals surface area contributed by atoms with Crippen LogP contribution in [0, 0.1) is 11.8 Å². The van der Waals surface area contributed by atoms with Crippen LogP contribution in [-0.2, 0) is 4.79 Å². The van der Waals surface area contributed by atoms with E-state index in [0.29, 0.717) is 11.8 Å². The summed E-state index contributed by atoms with van der Waals surface area (Å²) in [5, 5.41) is 0. The molecular formula is C22H35N3O. The molecule has 1 heterocycles. The van der Waals surface area contributed by atoms with Gasteiger partial charge in [-0.05, 0) is 68.8 Å². The summed E-state index contributed by atoms with van der Waals surface area (Å²) in [7, 11) is 0. The highest BCUT2D eigenvalue weighted by Gasteiger charge is 2.27. The second-order valence-electron chi connectivity index (χ2n) is 8.54. The lowest BCUT2D eigenvalue weighted by Gasteiger charge is -2.29. The maximum Gasteiger partial charge on any atom is 0.220 e. The first-order valence-electron chi connectivity index (χ1n) is 10.8. The summed E-state index contributed by atoms with van der Waals surface area (Å²) in [5.74, 6) is 2.86. The average Bonchev–Trinajstić information content (AvgIpc) is 2.69. The van der Waals surface area contributed by atoms with Crippen LogP contribution in [0.1, 0.15) is 107 Å². The molecule has 2 aliphatic rings. The maximum absolute atomic E-state index is 11.3. The molecule has 2 N–H and O–H groups in total. The number of carbonyl (C=O) groups is 1. The minimum Gasteiger partial charge on any atom is -0.369 e. The molecule has 2 aliphatic carbocycles. The van der Waals surface area contributed by atoms with Gasteiger partial charge in [0.05, 0.1) is 0 Å². The third-order valence-corrected chi connectivity index (χ3v) is 6.72. The number of carbonyl (C=O) groups excluding carboxylic acids is 1. The molecule has 0 bridgehead atoms. The topological polar surface area (TPSA) is 68.9 Å². The Kier molecular flexibility index (Phi) is 7.04. The highest BCUT2D eigenvalue weighted by molar-refractivity contribution is 5.76. The molecule has 2 fully saturated rings. The number of primary amides is 1. The number of hydrogen-bond donors (Lipinski definition) is 1. The normalized spacial score (nSPS) is 29.4. The van der Waals surface area contributed by atoms with Gasteiger partial charge in [-0.3, -0.25) is 4.79 Å². The monoisotopic (exact) mass is 357 g/mol. The number of rotatable bonds is 7. The van der Waals surface area contributed by atoms with Gasteiger partial charge < -0.3 is 5.73 Å². The van der Waals surface area contributed by atoms with Crippen LogP contribution in [0.2, 0.25) is 0 Å². The number of aromatic nitrogens is 2. The van der Waals surface area contributed by atoms with Crippen molar-refractivity contribution in [2.45, 2.75) is 95.8 Å². The standard InChI is InChI=1S/C22H35N3O/c1-2-3-4-5-16-6-8-17(9-7-16)20-14-24-22(25-15-20)19-12-10-18(11-13-19)21(23)26/h14-19H,2-13H2,1H3,(H2,23,26). The van der Waals surface area contributed by atoms with E-state index in [-0.39, 0.29) is 11.8 Å². The zero-order valence-corrected chi connectivity index (χ0v) is 16.3. The number of unbranched alkanes of at least 4 members (excludes halogenated alkanes) is 2. The minimum atomic E-state index is -0.148. The van der Waals surface area contributed by atoms with Crippen LogP contribution >= 0.6 is 0 Å². The second kappa shape index (κ2) is 9.48. The van der Waals surface area contributed by atoms with Crippen LogP contribution in [0.3, 0.4) is 0 Å². The van der Waals surface area contributed by atoms with E-state index in [9.17, 15) is 4.79 Å². The van der Waals surface area contributed by atoms with Gasteiger partial charge in [0.2, 0.25) is 5.91 Å². The Labute approximate surface area is 158 Å². The van der Waals surface area contributed by atoms with Crippen molar-refractivity contribution in [3.63, 3.8) is 0 Å². The summed E-state index contributed by atoms with van der Waals surface area (Å²) in [6.45, 7) is 2.28. The van der Waals surface area contributed by atoms with Crippen LogP contribution in [0.15, 0.2) is 12.4 Å². The summed E-state index contributed by atoms with van der Waals surface area (Å²) in [6, 6.07) is 0. The molecule has 0 spiro atoms. The predicted molar refractivity (Wildman–Crippen MR) is 105 cm³/mol. The Morgan fingerprint density at radius 2 is 1.58 bits per heavy atom. The maximum atomic E-state index is 11.3. The number of hydrogen-bond acceptors (Lipinski definition) is 3. The van der Waals surface area contributed by atoms with E-state index in [4.69, 9.17) is 15.7 Å². The molecule has 144 valence electrons. The van der Waals surface area contributed by atoms with Crippen LogP contribution in [0.5, 0.6) is 0 Å². The Bertz CT molecular complexity index is 555. The van der Waals surface area contributed by atoms with Gasteiger partial charge in [-0.25, -0.2) is 9.97 Å². The Hall–Kier alpha value is -1.45. The first-order valence-corrected chi connectivity index (χ1v) is 10.8. The largest absolute Gasteiger partial charge is 0.369 e. The van der Waals surface area contributed by atoms with Gasteiger partial charge in [0, 0.05) is 24.2 Å². The van der Waals surface area contributed by atoms with E-state index in [1.54, 1.807) is 0 Å². The Balaban J connectivity index is 1.47. The molecular weight excluding hydrogens is 322 g/mol. The molecule has 0 radical (unpaired) electrons. The molecule has 1 aromatic rings. The van der Waals surface area contributed by atoms with Crippen LogP contribution in [0.4, 0.5) is 0 Å². The van der Waals surface area contributed by atoms with Crippen molar-refractivity contribution in [2.24, 2.45) is 17.6 Å². The summed E-state index contributed by atoms with van der Waals surface area (Å²) >= 11 is 0. The van der Waals surface area contributed by atoms with Crippen LogP contribution in [0.25, 0.3) is 0 Å². The van der Waals surface area contributed by atoms with Crippen LogP contribution in [-0.4, -0.2) is 15.9 Å². The lowest BCUT2D eigenvalue weighted by Crippen LogP contribution is -2.27. The summed E-state index contributed by atoms with van der Waals surface area (Å²) in [5.41, 5.74) is 6.75. The molecule has 2 saturated carbocycles. The predicted octanol–water partition coefficient (Wildman–Crippen LogP) is 5.09. The first kappa shape index (κ1) is 19.3. The van der Waals surface area contributed by atoms with E-state index in [1.807, 2.05) is 0 Å². The van der Waals surface area contributed by atoms with Crippen molar-refractivity contribution in [1.29, 1.82) is 0 Å². The molecule has 4 heteroatoms. The summed E-state index contributed by atoms with van der Waals surface area (Å²) in [4.78, 5) is 20.7. The van der Waals surface area contributed by atoms with Crippen molar-refractivity contribution in [3.05, 3.63) is 23.8 Å². The SMILES string of the molecule is CCCCCC1CCC(c2cnc(C3CCC(C(N)=O)CC3)nc2)CC1. The van der Waals surface area contributed by atoms with Crippen molar-refractivity contribution in [3.8, 4) is 0 Å². The van der Waals surface area contributed by atoms with Crippen molar-refractivity contribution in [2.75, 3.05) is 0 Å². The molecule has 0 aromatic carbocycles. The fourth-order valence-electron chi connectivity index (χ4n) is 4.87. The summed E-state index contributed by atoms with van der Waals surface area (Å²) in [6.07, 6.45) is 18.7. The van der Waals surface area contributed by atoms with E-state index >= 15 is 0 Å². The Morgan fingerprint density at radius 1 is 0.962 bits per heavy atom. The molecule has 0 atom stereocenters. The minimum absolute atomic E-state index is 0.0537. The van der Waals surface area contributed by atoms with Gasteiger partial charge in [-0.1, -0.05) is 32.6 Å².